The molecule has 0 aliphatic carbocycles. The van der Waals surface area contributed by atoms with Gasteiger partial charge in [0, 0.05) is 50.5 Å². The molecule has 8 heteroatoms. The van der Waals surface area contributed by atoms with Gasteiger partial charge >= 0.3 is 0 Å². The zero-order chi connectivity index (χ0) is 24.5. The largest absolute Gasteiger partial charge is 0.495 e. The fourth-order valence-electron chi connectivity index (χ4n) is 5.59. The molecular weight excluding hydrogens is 462 g/mol. The summed E-state index contributed by atoms with van der Waals surface area (Å²) in [4.78, 5) is 9.47. The van der Waals surface area contributed by atoms with Crippen LogP contribution in [-0.4, -0.2) is 52.5 Å². The number of aryl methyl sites for hydroxylation is 1. The number of ether oxygens (including phenoxy) is 2. The monoisotopic (exact) mass is 495 g/mol. The lowest BCUT2D eigenvalue weighted by Crippen LogP contribution is -2.56. The summed E-state index contributed by atoms with van der Waals surface area (Å²) in [7, 11) is 3.56. The summed E-state index contributed by atoms with van der Waals surface area (Å²) < 4.78 is 13.3. The van der Waals surface area contributed by atoms with E-state index in [0.29, 0.717) is 23.7 Å². The number of anilines is 1. The number of hydrogen-bond donors (Lipinski definition) is 0. The van der Waals surface area contributed by atoms with E-state index in [9.17, 15) is 0 Å². The van der Waals surface area contributed by atoms with Crippen molar-refractivity contribution in [3.8, 4) is 11.5 Å². The summed E-state index contributed by atoms with van der Waals surface area (Å²) in [6.45, 7) is 7.88. The van der Waals surface area contributed by atoms with Crippen LogP contribution in [0.25, 0.3) is 0 Å². The average molecular weight is 496 g/mol. The van der Waals surface area contributed by atoms with Crippen molar-refractivity contribution < 1.29 is 9.47 Å². The summed E-state index contributed by atoms with van der Waals surface area (Å²) in [5, 5.41) is 4.78. The van der Waals surface area contributed by atoms with Gasteiger partial charge in [0.25, 0.3) is 0 Å². The van der Waals surface area contributed by atoms with Crippen molar-refractivity contribution in [3.05, 3.63) is 64.2 Å². The second-order valence-electron chi connectivity index (χ2n) is 9.59. The van der Waals surface area contributed by atoms with E-state index in [1.165, 1.54) is 41.6 Å². The lowest BCUT2D eigenvalue weighted by molar-refractivity contribution is 0.0712. The van der Waals surface area contributed by atoms with Crippen LogP contribution in [0.1, 0.15) is 47.8 Å². The van der Waals surface area contributed by atoms with Crippen LogP contribution in [0.3, 0.4) is 0 Å². The second kappa shape index (κ2) is 10.1. The molecule has 0 radical (unpaired) electrons. The van der Waals surface area contributed by atoms with Gasteiger partial charge in [0.2, 0.25) is 0 Å². The average Bonchev–Trinajstić information content (AvgIpc) is 3.29. The highest BCUT2D eigenvalue weighted by atomic mass is 35.5. The van der Waals surface area contributed by atoms with Gasteiger partial charge in [0.15, 0.2) is 5.82 Å². The van der Waals surface area contributed by atoms with Gasteiger partial charge in [0.1, 0.15) is 24.4 Å². The van der Waals surface area contributed by atoms with Crippen LogP contribution < -0.4 is 14.4 Å². The van der Waals surface area contributed by atoms with Gasteiger partial charge in [0.05, 0.1) is 12.1 Å². The number of fused-ring (bicyclic) bond motifs is 1. The minimum Gasteiger partial charge on any atom is -0.495 e. The third-order valence-corrected chi connectivity index (χ3v) is 8.06. The number of piperazine rings is 1. The third kappa shape index (κ3) is 4.71. The van der Waals surface area contributed by atoms with Gasteiger partial charge < -0.3 is 14.4 Å². The highest BCUT2D eigenvalue weighted by Gasteiger charge is 2.36. The van der Waals surface area contributed by atoms with Crippen molar-refractivity contribution in [2.45, 2.75) is 51.8 Å². The van der Waals surface area contributed by atoms with Gasteiger partial charge in [-0.25, -0.2) is 4.98 Å². The molecule has 2 fully saturated rings. The van der Waals surface area contributed by atoms with Gasteiger partial charge in [-0.2, -0.15) is 5.10 Å². The first-order valence-corrected chi connectivity index (χ1v) is 12.7. The van der Waals surface area contributed by atoms with Crippen LogP contribution in [0, 0.1) is 13.8 Å². The van der Waals surface area contributed by atoms with Gasteiger partial charge in [-0.15, -0.1) is 0 Å². The maximum Gasteiger partial charge on any atom is 0.164 e. The highest BCUT2D eigenvalue weighted by molar-refractivity contribution is 6.32. The molecule has 7 nitrogen and oxygen atoms in total. The fourth-order valence-corrected chi connectivity index (χ4v) is 5.79. The van der Waals surface area contributed by atoms with E-state index in [2.05, 4.69) is 58.0 Å². The number of rotatable bonds is 6. The standard InChI is InChI=1S/C27H34ClN5O2/c1-18-19(2)25(35-16-27-29-17-30-31(27)3)11-9-22(18)24-7-5-6-21-15-32(12-13-33(21)24)20-8-10-23(28)26(14-20)34-4/h8-11,14,17,21,24H,5-7,12-13,15-16H2,1-4H3/t21-,24+/m0/s1. The lowest BCUT2D eigenvalue weighted by atomic mass is 9.86. The highest BCUT2D eigenvalue weighted by Crippen LogP contribution is 2.40. The Morgan fingerprint density at radius 2 is 1.91 bits per heavy atom. The molecule has 186 valence electrons. The molecule has 0 N–H and O–H groups in total. The number of aromatic nitrogens is 3. The molecule has 3 heterocycles. The first-order valence-electron chi connectivity index (χ1n) is 12.4. The van der Waals surface area contributed by atoms with Crippen LogP contribution >= 0.6 is 11.6 Å². The van der Waals surface area contributed by atoms with Crippen LogP contribution in [0.5, 0.6) is 11.5 Å². The van der Waals surface area contributed by atoms with Crippen molar-refractivity contribution in [2.24, 2.45) is 7.05 Å². The minimum absolute atomic E-state index is 0.416. The smallest absolute Gasteiger partial charge is 0.164 e. The van der Waals surface area contributed by atoms with E-state index in [-0.39, 0.29) is 0 Å². The summed E-state index contributed by atoms with van der Waals surface area (Å²) in [5.41, 5.74) is 5.15. The quantitative estimate of drug-likeness (QED) is 0.475. The molecule has 35 heavy (non-hydrogen) atoms. The molecule has 2 aromatic carbocycles. The Labute approximate surface area is 212 Å². The molecule has 3 aromatic rings. The molecule has 5 rings (SSSR count). The topological polar surface area (TPSA) is 55.6 Å². The Bertz CT molecular complexity index is 1200. The number of piperidine rings is 1. The van der Waals surface area contributed by atoms with Gasteiger partial charge in [-0.05, 0) is 68.0 Å². The van der Waals surface area contributed by atoms with Crippen molar-refractivity contribution in [3.63, 3.8) is 0 Å². The van der Waals surface area contributed by atoms with Crippen LogP contribution in [0.15, 0.2) is 36.7 Å². The summed E-state index contributed by atoms with van der Waals surface area (Å²) in [6, 6.07) is 11.5. The normalized spacial score (nSPS) is 20.5. The number of methoxy groups -OCH3 is 1. The molecule has 2 aliphatic rings. The van der Waals surface area contributed by atoms with E-state index in [1.54, 1.807) is 18.1 Å². The van der Waals surface area contributed by atoms with E-state index in [1.807, 2.05) is 13.1 Å². The number of halogens is 1. The van der Waals surface area contributed by atoms with Crippen molar-refractivity contribution in [1.82, 2.24) is 19.7 Å². The van der Waals surface area contributed by atoms with E-state index in [0.717, 1.165) is 37.0 Å². The molecule has 2 atom stereocenters. The number of nitrogens with zero attached hydrogens (tertiary/aromatic N) is 5. The third-order valence-electron chi connectivity index (χ3n) is 7.74. The molecule has 2 saturated heterocycles. The van der Waals surface area contributed by atoms with E-state index >= 15 is 0 Å². The molecule has 1 aromatic heterocycles. The first-order chi connectivity index (χ1) is 17.0. The summed E-state index contributed by atoms with van der Waals surface area (Å²) in [6.07, 6.45) is 5.23. The molecule has 0 amide bonds. The van der Waals surface area contributed by atoms with E-state index in [4.69, 9.17) is 21.1 Å². The van der Waals surface area contributed by atoms with Crippen LogP contribution in [0.4, 0.5) is 5.69 Å². The Balaban J connectivity index is 1.31. The minimum atomic E-state index is 0.416. The first kappa shape index (κ1) is 23.9. The predicted octanol–water partition coefficient (Wildman–Crippen LogP) is 5.09. The van der Waals surface area contributed by atoms with Crippen molar-refractivity contribution in [2.75, 3.05) is 31.6 Å². The number of hydrogen-bond acceptors (Lipinski definition) is 6. The SMILES string of the molecule is COc1cc(N2CCN3[C@@H](CCC[C@@H]3c3ccc(OCc4ncnn4C)c(C)c3C)C2)ccc1Cl. The Morgan fingerprint density at radius 1 is 1.06 bits per heavy atom. The molecule has 0 spiro atoms. The van der Waals surface area contributed by atoms with Crippen LogP contribution in [0.2, 0.25) is 5.02 Å². The fraction of sp³-hybridized carbons (Fsp3) is 0.481. The molecule has 2 aliphatic heterocycles. The van der Waals surface area contributed by atoms with E-state index < -0.39 is 0 Å². The van der Waals surface area contributed by atoms with Gasteiger partial charge in [-0.3, -0.25) is 9.58 Å². The number of benzene rings is 2. The summed E-state index contributed by atoms with van der Waals surface area (Å²) in [5.74, 6) is 2.47. The lowest BCUT2D eigenvalue weighted by Gasteiger charge is -2.49. The van der Waals surface area contributed by atoms with Crippen molar-refractivity contribution >= 4 is 17.3 Å². The zero-order valence-corrected chi connectivity index (χ0v) is 21.8. The molecule has 0 bridgehead atoms. The second-order valence-corrected chi connectivity index (χ2v) is 10.0. The Morgan fingerprint density at radius 3 is 2.69 bits per heavy atom. The maximum atomic E-state index is 6.26. The molecular formula is C27H34ClN5O2. The van der Waals surface area contributed by atoms with Gasteiger partial charge in [-0.1, -0.05) is 17.7 Å². The summed E-state index contributed by atoms with van der Waals surface area (Å²) >= 11 is 6.26. The molecule has 0 saturated carbocycles. The molecule has 0 unspecified atom stereocenters. The Hall–Kier alpha value is -2.77. The van der Waals surface area contributed by atoms with Crippen LogP contribution in [-0.2, 0) is 13.7 Å². The maximum absolute atomic E-state index is 6.26. The zero-order valence-electron chi connectivity index (χ0n) is 21.0. The predicted molar refractivity (Wildman–Crippen MR) is 139 cm³/mol. The Kier molecular flexibility index (Phi) is 6.89. The van der Waals surface area contributed by atoms with Crippen molar-refractivity contribution in [1.29, 1.82) is 0 Å².